The molecule has 3 N–H and O–H groups in total. The normalized spacial score (nSPS) is 9.87. The molecule has 15 heavy (non-hydrogen) atoms. The fourth-order valence-corrected chi connectivity index (χ4v) is 1.36. The van der Waals surface area contributed by atoms with Gasteiger partial charge in [0.05, 0.1) is 0 Å². The molecule has 4 nitrogen and oxygen atoms in total. The summed E-state index contributed by atoms with van der Waals surface area (Å²) in [5.74, 6) is 5.04. The molecular formula is C11H17N3O. The number of amides is 2. The quantitative estimate of drug-likeness (QED) is 0.436. The van der Waals surface area contributed by atoms with Crippen molar-refractivity contribution in [3.63, 3.8) is 0 Å². The van der Waals surface area contributed by atoms with Crippen molar-refractivity contribution >= 4 is 6.03 Å². The number of carbonyl (C=O) groups is 1. The van der Waals surface area contributed by atoms with Gasteiger partial charge in [0.1, 0.15) is 0 Å². The third kappa shape index (κ3) is 2.95. The summed E-state index contributed by atoms with van der Waals surface area (Å²) in [6.45, 7) is 4.68. The molecule has 0 saturated heterocycles. The topological polar surface area (TPSA) is 58.4 Å². The van der Waals surface area contributed by atoms with E-state index in [-0.39, 0.29) is 6.03 Å². The molecule has 1 aromatic rings. The Morgan fingerprint density at radius 1 is 1.40 bits per heavy atom. The first-order valence-electron chi connectivity index (χ1n) is 4.82. The zero-order valence-corrected chi connectivity index (χ0v) is 9.37. The van der Waals surface area contributed by atoms with Crippen molar-refractivity contribution in [3.05, 3.63) is 34.9 Å². The van der Waals surface area contributed by atoms with Crippen LogP contribution in [0.3, 0.4) is 0 Å². The Labute approximate surface area is 90.0 Å². The van der Waals surface area contributed by atoms with Gasteiger partial charge in [0, 0.05) is 13.6 Å². The van der Waals surface area contributed by atoms with Crippen molar-refractivity contribution in [3.8, 4) is 0 Å². The highest BCUT2D eigenvalue weighted by atomic mass is 16.2. The van der Waals surface area contributed by atoms with E-state index in [9.17, 15) is 4.79 Å². The molecule has 0 saturated carbocycles. The maximum atomic E-state index is 11.2. The van der Waals surface area contributed by atoms with Crippen LogP contribution in [0.1, 0.15) is 16.7 Å². The number of nitrogens with two attached hydrogens (primary N) is 1. The summed E-state index contributed by atoms with van der Waals surface area (Å²) in [4.78, 5) is 12.7. The van der Waals surface area contributed by atoms with E-state index < -0.39 is 0 Å². The molecule has 0 unspecified atom stereocenters. The Bertz CT molecular complexity index is 363. The lowest BCUT2D eigenvalue weighted by molar-refractivity contribution is 0.207. The minimum absolute atomic E-state index is 0.284. The van der Waals surface area contributed by atoms with E-state index in [0.29, 0.717) is 6.54 Å². The monoisotopic (exact) mass is 207 g/mol. The summed E-state index contributed by atoms with van der Waals surface area (Å²) in [6, 6.07) is 5.87. The molecule has 1 rings (SSSR count). The maximum Gasteiger partial charge on any atom is 0.331 e. The molecule has 0 radical (unpaired) electrons. The number of nitrogens with one attached hydrogen (secondary N) is 1. The molecule has 0 aliphatic rings. The number of rotatable bonds is 2. The molecule has 2 amide bonds. The summed E-state index contributed by atoms with van der Waals surface area (Å²) in [6.07, 6.45) is 0. The zero-order valence-electron chi connectivity index (χ0n) is 9.37. The SMILES string of the molecule is Cc1ccc(CN(C)C(=O)NN)cc1C. The number of hydrogen-bond acceptors (Lipinski definition) is 2. The molecule has 0 atom stereocenters. The van der Waals surface area contributed by atoms with Gasteiger partial charge in [-0.2, -0.15) is 0 Å². The average Bonchev–Trinajstić information content (AvgIpc) is 2.22. The van der Waals surface area contributed by atoms with Crippen LogP contribution in [0.4, 0.5) is 4.79 Å². The molecule has 4 heteroatoms. The minimum atomic E-state index is -0.284. The number of nitrogens with zero attached hydrogens (tertiary/aromatic N) is 1. The fraction of sp³-hybridized carbons (Fsp3) is 0.364. The number of urea groups is 1. The zero-order chi connectivity index (χ0) is 11.4. The van der Waals surface area contributed by atoms with Crippen LogP contribution in [0.25, 0.3) is 0 Å². The highest BCUT2D eigenvalue weighted by Gasteiger charge is 2.06. The summed E-state index contributed by atoms with van der Waals surface area (Å²) in [5, 5.41) is 0. The summed E-state index contributed by atoms with van der Waals surface area (Å²) >= 11 is 0. The van der Waals surface area contributed by atoms with Crippen molar-refractivity contribution in [1.82, 2.24) is 10.3 Å². The van der Waals surface area contributed by atoms with Crippen LogP contribution in [0, 0.1) is 13.8 Å². The molecule has 82 valence electrons. The lowest BCUT2D eigenvalue weighted by Crippen LogP contribution is -2.40. The van der Waals surface area contributed by atoms with Gasteiger partial charge < -0.3 is 4.90 Å². The van der Waals surface area contributed by atoms with E-state index in [1.54, 1.807) is 7.05 Å². The Balaban J connectivity index is 2.73. The second-order valence-electron chi connectivity index (χ2n) is 3.72. The van der Waals surface area contributed by atoms with Crippen molar-refractivity contribution < 1.29 is 4.79 Å². The average molecular weight is 207 g/mol. The predicted octanol–water partition coefficient (Wildman–Crippen LogP) is 1.32. The van der Waals surface area contributed by atoms with Gasteiger partial charge in [-0.1, -0.05) is 18.2 Å². The van der Waals surface area contributed by atoms with Crippen LogP contribution < -0.4 is 11.3 Å². The van der Waals surface area contributed by atoms with E-state index in [1.807, 2.05) is 6.07 Å². The minimum Gasteiger partial charge on any atom is -0.322 e. The van der Waals surface area contributed by atoms with Gasteiger partial charge in [0.15, 0.2) is 0 Å². The third-order valence-corrected chi connectivity index (χ3v) is 2.46. The molecule has 1 aromatic carbocycles. The molecule has 0 aliphatic carbocycles. The van der Waals surface area contributed by atoms with E-state index in [0.717, 1.165) is 5.56 Å². The fourth-order valence-electron chi connectivity index (χ4n) is 1.36. The molecule has 0 bridgehead atoms. The van der Waals surface area contributed by atoms with E-state index in [4.69, 9.17) is 5.84 Å². The van der Waals surface area contributed by atoms with E-state index in [1.165, 1.54) is 16.0 Å². The van der Waals surface area contributed by atoms with Crippen molar-refractivity contribution in [2.75, 3.05) is 7.05 Å². The lowest BCUT2D eigenvalue weighted by atomic mass is 10.1. The van der Waals surface area contributed by atoms with Gasteiger partial charge in [-0.25, -0.2) is 10.6 Å². The van der Waals surface area contributed by atoms with Crippen LogP contribution in [0.15, 0.2) is 18.2 Å². The summed E-state index contributed by atoms with van der Waals surface area (Å²) in [5.41, 5.74) is 5.68. The van der Waals surface area contributed by atoms with E-state index >= 15 is 0 Å². The summed E-state index contributed by atoms with van der Waals surface area (Å²) in [7, 11) is 1.71. The van der Waals surface area contributed by atoms with Crippen LogP contribution in [0.5, 0.6) is 0 Å². The predicted molar refractivity (Wildman–Crippen MR) is 60.1 cm³/mol. The first-order chi connectivity index (χ1) is 7.04. The standard InChI is InChI=1S/C11H17N3O/c1-8-4-5-10(6-9(8)2)7-14(3)11(15)13-12/h4-6H,7,12H2,1-3H3,(H,13,15). The lowest BCUT2D eigenvalue weighted by Gasteiger charge is -2.16. The number of hydrogen-bond donors (Lipinski definition) is 2. The Hall–Kier alpha value is -1.55. The highest BCUT2D eigenvalue weighted by molar-refractivity contribution is 5.73. The molecule has 0 aromatic heterocycles. The van der Waals surface area contributed by atoms with Crippen molar-refractivity contribution in [1.29, 1.82) is 0 Å². The van der Waals surface area contributed by atoms with Gasteiger partial charge in [-0.15, -0.1) is 0 Å². The molecule has 0 aliphatic heterocycles. The first kappa shape index (κ1) is 11.5. The summed E-state index contributed by atoms with van der Waals surface area (Å²) < 4.78 is 0. The largest absolute Gasteiger partial charge is 0.331 e. The van der Waals surface area contributed by atoms with Crippen LogP contribution in [-0.4, -0.2) is 18.0 Å². The Kier molecular flexibility index (Phi) is 3.68. The maximum absolute atomic E-state index is 11.2. The van der Waals surface area contributed by atoms with Gasteiger partial charge in [0.2, 0.25) is 0 Å². The number of hydrazine groups is 1. The molecule has 0 spiro atoms. The second kappa shape index (κ2) is 4.79. The molecule has 0 heterocycles. The first-order valence-corrected chi connectivity index (χ1v) is 4.82. The molecule has 0 fully saturated rings. The van der Waals surface area contributed by atoms with Crippen molar-refractivity contribution in [2.45, 2.75) is 20.4 Å². The second-order valence-corrected chi connectivity index (χ2v) is 3.72. The number of carbonyl (C=O) groups excluding carboxylic acids is 1. The van der Waals surface area contributed by atoms with Gasteiger partial charge in [-0.05, 0) is 30.5 Å². The molecular weight excluding hydrogens is 190 g/mol. The van der Waals surface area contributed by atoms with Gasteiger partial charge in [0.25, 0.3) is 0 Å². The highest BCUT2D eigenvalue weighted by Crippen LogP contribution is 2.11. The van der Waals surface area contributed by atoms with Crippen LogP contribution in [-0.2, 0) is 6.54 Å². The Morgan fingerprint density at radius 3 is 2.60 bits per heavy atom. The van der Waals surface area contributed by atoms with E-state index in [2.05, 4.69) is 31.4 Å². The van der Waals surface area contributed by atoms with Crippen LogP contribution >= 0.6 is 0 Å². The van der Waals surface area contributed by atoms with Crippen LogP contribution in [0.2, 0.25) is 0 Å². The number of aryl methyl sites for hydroxylation is 2. The van der Waals surface area contributed by atoms with Crippen molar-refractivity contribution in [2.24, 2.45) is 5.84 Å². The van der Waals surface area contributed by atoms with Gasteiger partial charge >= 0.3 is 6.03 Å². The van der Waals surface area contributed by atoms with Gasteiger partial charge in [-0.3, -0.25) is 5.43 Å². The smallest absolute Gasteiger partial charge is 0.322 e. The Morgan fingerprint density at radius 2 is 2.07 bits per heavy atom. The third-order valence-electron chi connectivity index (χ3n) is 2.46. The number of benzene rings is 1.